The lowest BCUT2D eigenvalue weighted by Gasteiger charge is -2.28. The van der Waals surface area contributed by atoms with E-state index in [0.717, 1.165) is 13.1 Å². The van der Waals surface area contributed by atoms with E-state index in [9.17, 15) is 19.5 Å². The van der Waals surface area contributed by atoms with Crippen molar-refractivity contribution in [1.82, 2.24) is 14.8 Å². The summed E-state index contributed by atoms with van der Waals surface area (Å²) in [5, 5.41) is 11.4. The molecule has 0 unspecified atom stereocenters. The van der Waals surface area contributed by atoms with Crippen molar-refractivity contribution in [3.8, 4) is 5.75 Å². The molecule has 1 aliphatic rings. The molecule has 3 rings (SSSR count). The summed E-state index contributed by atoms with van der Waals surface area (Å²) in [6.07, 6.45) is 0. The zero-order chi connectivity index (χ0) is 25.9. The number of benzene rings is 1. The lowest BCUT2D eigenvalue weighted by molar-refractivity contribution is -0.140. The Morgan fingerprint density at radius 1 is 1.11 bits per heavy atom. The maximum atomic E-state index is 13.3. The molecular weight excluding hydrogens is 450 g/mol. The minimum atomic E-state index is -0.785. The quantitative estimate of drug-likeness (QED) is 0.244. The number of nitrogens with zero attached hydrogens (tertiary/aromatic N) is 2. The van der Waals surface area contributed by atoms with Gasteiger partial charge in [0.1, 0.15) is 17.2 Å². The minimum absolute atomic E-state index is 0.0127. The molecule has 188 valence electrons. The summed E-state index contributed by atoms with van der Waals surface area (Å²) < 4.78 is 10.1. The topological polar surface area (TPSA) is 112 Å². The monoisotopic (exact) mass is 483 g/mol. The third-order valence-corrected chi connectivity index (χ3v) is 6.59. The number of methoxy groups -OCH3 is 2. The standard InChI is InChI=1S/C26H33N3O6/c1-7-28(8-2)13-14-29-22(17-9-11-18(34-5)12-10-17)20(24(31)25(29)32)23(30)19-15(3)21(26(33)35-6)27-16(19)4/h9-12,22,27,30H,7-8,13-14H2,1-6H3/t22-/m0/s1. The van der Waals surface area contributed by atoms with Crippen LogP contribution in [0.15, 0.2) is 29.8 Å². The van der Waals surface area contributed by atoms with Gasteiger partial charge in [0, 0.05) is 24.3 Å². The molecule has 2 N–H and O–H groups in total. The first kappa shape index (κ1) is 26.0. The number of carbonyl (C=O) groups excluding carboxylic acids is 3. The van der Waals surface area contributed by atoms with Crippen LogP contribution in [0.5, 0.6) is 5.75 Å². The number of hydrogen-bond donors (Lipinski definition) is 2. The number of likely N-dealkylation sites (N-methyl/N-ethyl adjacent to an activating group) is 1. The normalized spacial score (nSPS) is 17.3. The fraction of sp³-hybridized carbons (Fsp3) is 0.423. The lowest BCUT2D eigenvalue weighted by atomic mass is 9.94. The van der Waals surface area contributed by atoms with E-state index in [0.29, 0.717) is 41.2 Å². The van der Waals surface area contributed by atoms with Crippen LogP contribution in [0.1, 0.15) is 52.8 Å². The summed E-state index contributed by atoms with van der Waals surface area (Å²) in [5.74, 6) is -1.71. The van der Waals surface area contributed by atoms with E-state index < -0.39 is 23.7 Å². The summed E-state index contributed by atoms with van der Waals surface area (Å²) in [7, 11) is 2.82. The zero-order valence-corrected chi connectivity index (χ0v) is 21.1. The van der Waals surface area contributed by atoms with Gasteiger partial charge < -0.3 is 29.4 Å². The van der Waals surface area contributed by atoms with E-state index >= 15 is 0 Å². The lowest BCUT2D eigenvalue weighted by Crippen LogP contribution is -2.38. The SMILES string of the molecule is CCN(CC)CCN1C(=O)C(=O)C(=C(O)c2c(C)[nH]c(C(=O)OC)c2C)[C@@H]1c1ccc(OC)cc1. The van der Waals surface area contributed by atoms with Crippen LogP contribution >= 0.6 is 0 Å². The number of aromatic nitrogens is 1. The average Bonchev–Trinajstić information content (AvgIpc) is 3.30. The van der Waals surface area contributed by atoms with Gasteiger partial charge in [-0.2, -0.15) is 0 Å². The molecule has 0 bridgehead atoms. The largest absolute Gasteiger partial charge is 0.507 e. The second-order valence-corrected chi connectivity index (χ2v) is 8.41. The van der Waals surface area contributed by atoms with Gasteiger partial charge >= 0.3 is 5.97 Å². The number of ether oxygens (including phenoxy) is 2. The van der Waals surface area contributed by atoms with Crippen LogP contribution in [0.25, 0.3) is 5.76 Å². The molecule has 35 heavy (non-hydrogen) atoms. The molecule has 2 aromatic rings. The Morgan fingerprint density at radius 3 is 2.29 bits per heavy atom. The van der Waals surface area contributed by atoms with E-state index in [2.05, 4.69) is 9.88 Å². The Hall–Kier alpha value is -3.59. The van der Waals surface area contributed by atoms with E-state index in [4.69, 9.17) is 9.47 Å². The highest BCUT2D eigenvalue weighted by molar-refractivity contribution is 6.46. The van der Waals surface area contributed by atoms with E-state index in [1.807, 2.05) is 13.8 Å². The number of aryl methyl sites for hydroxylation is 1. The molecule has 0 aliphatic carbocycles. The van der Waals surface area contributed by atoms with Gasteiger partial charge in [-0.05, 0) is 50.2 Å². The van der Waals surface area contributed by atoms with Crippen LogP contribution in [0.4, 0.5) is 0 Å². The number of aliphatic hydroxyl groups is 1. The van der Waals surface area contributed by atoms with Gasteiger partial charge in [0.15, 0.2) is 0 Å². The predicted molar refractivity (Wildman–Crippen MR) is 131 cm³/mol. The summed E-state index contributed by atoms with van der Waals surface area (Å²) in [4.78, 5) is 45.2. The predicted octanol–water partition coefficient (Wildman–Crippen LogP) is 3.19. The number of H-pyrrole nitrogens is 1. The molecule has 1 aromatic carbocycles. The molecule has 1 atom stereocenters. The smallest absolute Gasteiger partial charge is 0.354 e. The molecule has 1 amide bonds. The zero-order valence-electron chi connectivity index (χ0n) is 21.1. The van der Waals surface area contributed by atoms with Crippen molar-refractivity contribution >= 4 is 23.4 Å². The summed E-state index contributed by atoms with van der Waals surface area (Å²) in [6.45, 7) is 9.94. The molecule has 0 spiro atoms. The molecule has 9 heteroatoms. The fourth-order valence-electron chi connectivity index (χ4n) is 4.58. The number of Topliss-reactive ketones (excluding diaryl/α,β-unsaturated/α-hetero) is 1. The number of likely N-dealkylation sites (tertiary alicyclic amines) is 1. The van der Waals surface area contributed by atoms with Crippen LogP contribution in [0.3, 0.4) is 0 Å². The molecule has 1 fully saturated rings. The fourth-order valence-corrected chi connectivity index (χ4v) is 4.58. The number of nitrogens with one attached hydrogen (secondary N) is 1. The number of hydrogen-bond acceptors (Lipinski definition) is 7. The Bertz CT molecular complexity index is 1140. The Kier molecular flexibility index (Phi) is 8.01. The highest BCUT2D eigenvalue weighted by atomic mass is 16.5. The maximum absolute atomic E-state index is 13.3. The van der Waals surface area contributed by atoms with Crippen molar-refractivity contribution in [2.45, 2.75) is 33.7 Å². The van der Waals surface area contributed by atoms with E-state index in [-0.39, 0.29) is 17.0 Å². The summed E-state index contributed by atoms with van der Waals surface area (Å²) in [5.41, 5.74) is 2.08. The van der Waals surface area contributed by atoms with Crippen molar-refractivity contribution in [1.29, 1.82) is 0 Å². The van der Waals surface area contributed by atoms with Crippen molar-refractivity contribution in [3.63, 3.8) is 0 Å². The van der Waals surface area contributed by atoms with Crippen molar-refractivity contribution < 1.29 is 29.0 Å². The Balaban J connectivity index is 2.17. The third-order valence-electron chi connectivity index (χ3n) is 6.59. The van der Waals surface area contributed by atoms with E-state index in [1.165, 1.54) is 12.0 Å². The van der Waals surface area contributed by atoms with Crippen LogP contribution in [0, 0.1) is 13.8 Å². The van der Waals surface area contributed by atoms with Gasteiger partial charge in [-0.25, -0.2) is 4.79 Å². The summed E-state index contributed by atoms with van der Waals surface area (Å²) in [6, 6.07) is 6.28. The van der Waals surface area contributed by atoms with Gasteiger partial charge in [-0.15, -0.1) is 0 Å². The molecule has 0 radical (unpaired) electrons. The van der Waals surface area contributed by atoms with Crippen molar-refractivity contribution in [2.24, 2.45) is 0 Å². The van der Waals surface area contributed by atoms with Gasteiger partial charge in [-0.1, -0.05) is 26.0 Å². The second kappa shape index (κ2) is 10.8. The number of aliphatic hydroxyl groups excluding tert-OH is 1. The van der Waals surface area contributed by atoms with Crippen LogP contribution in [-0.4, -0.2) is 77.9 Å². The Labute approximate surface area is 205 Å². The average molecular weight is 484 g/mol. The molecule has 0 saturated carbocycles. The van der Waals surface area contributed by atoms with E-state index in [1.54, 1.807) is 45.2 Å². The third kappa shape index (κ3) is 4.81. The molecule has 1 aliphatic heterocycles. The number of carbonyl (C=O) groups is 3. The minimum Gasteiger partial charge on any atom is -0.507 e. The van der Waals surface area contributed by atoms with Crippen LogP contribution in [0.2, 0.25) is 0 Å². The van der Waals surface area contributed by atoms with Crippen molar-refractivity contribution in [2.75, 3.05) is 40.4 Å². The number of aromatic amines is 1. The first-order valence-electron chi connectivity index (χ1n) is 11.6. The Morgan fingerprint density at radius 2 is 1.74 bits per heavy atom. The van der Waals surface area contributed by atoms with Crippen molar-refractivity contribution in [3.05, 3.63) is 57.9 Å². The maximum Gasteiger partial charge on any atom is 0.354 e. The highest BCUT2D eigenvalue weighted by Crippen LogP contribution is 2.41. The number of ketones is 1. The molecule has 1 saturated heterocycles. The number of esters is 1. The van der Waals surface area contributed by atoms with Crippen LogP contribution < -0.4 is 4.74 Å². The second-order valence-electron chi connectivity index (χ2n) is 8.41. The number of rotatable bonds is 9. The molecule has 1 aromatic heterocycles. The van der Waals surface area contributed by atoms with Gasteiger partial charge in [0.2, 0.25) is 0 Å². The first-order chi connectivity index (χ1) is 16.7. The molecule has 2 heterocycles. The van der Waals surface area contributed by atoms with Gasteiger partial charge in [-0.3, -0.25) is 9.59 Å². The summed E-state index contributed by atoms with van der Waals surface area (Å²) >= 11 is 0. The number of amides is 1. The molecular formula is C26H33N3O6. The van der Waals surface area contributed by atoms with Gasteiger partial charge in [0.25, 0.3) is 11.7 Å². The first-order valence-corrected chi connectivity index (χ1v) is 11.6. The van der Waals surface area contributed by atoms with Crippen LogP contribution in [-0.2, 0) is 14.3 Å². The molecule has 9 nitrogen and oxygen atoms in total. The van der Waals surface area contributed by atoms with Gasteiger partial charge in [0.05, 0.1) is 25.8 Å². The highest BCUT2D eigenvalue weighted by Gasteiger charge is 2.46.